The summed E-state index contributed by atoms with van der Waals surface area (Å²) < 4.78 is 54.9. The highest BCUT2D eigenvalue weighted by Gasteiger charge is 2.30. The van der Waals surface area contributed by atoms with Crippen molar-refractivity contribution in [1.29, 1.82) is 0 Å². The summed E-state index contributed by atoms with van der Waals surface area (Å²) in [6.45, 7) is 7.35. The van der Waals surface area contributed by atoms with Crippen LogP contribution in [-0.2, 0) is 36.9 Å². The van der Waals surface area contributed by atoms with Crippen LogP contribution in [0.15, 0.2) is 108 Å². The number of para-hydroxylation sites is 1. The number of aromatic nitrogens is 1. The number of aryl methyl sites for hydroxylation is 2. The molecular weight excluding hydrogens is 618 g/mol. The maximum Gasteiger partial charge on any atom is 0.416 e. The topological polar surface area (TPSA) is 45.5 Å². The van der Waals surface area contributed by atoms with Gasteiger partial charge in [-0.3, -0.25) is 9.59 Å². The first-order valence-corrected chi connectivity index (χ1v) is 16.2. The van der Waals surface area contributed by atoms with Crippen LogP contribution < -0.4 is 5.43 Å². The van der Waals surface area contributed by atoms with Gasteiger partial charge in [0.2, 0.25) is 5.91 Å². The lowest BCUT2D eigenvalue weighted by molar-refractivity contribution is -0.137. The second-order valence-corrected chi connectivity index (χ2v) is 11.8. The van der Waals surface area contributed by atoms with E-state index >= 15 is 0 Å². The average molecular weight is 658 g/mol. The molecule has 0 fully saturated rings. The molecule has 0 saturated carbocycles. The van der Waals surface area contributed by atoms with Crippen LogP contribution >= 0.6 is 0 Å². The summed E-state index contributed by atoms with van der Waals surface area (Å²) in [6.07, 6.45) is -3.45. The van der Waals surface area contributed by atoms with Gasteiger partial charge in [0.1, 0.15) is 12.4 Å². The van der Waals surface area contributed by atoms with Crippen LogP contribution in [0.5, 0.6) is 0 Å². The number of fused-ring (bicyclic) bond motifs is 1. The molecule has 48 heavy (non-hydrogen) atoms. The van der Waals surface area contributed by atoms with Crippen molar-refractivity contribution >= 4 is 16.8 Å². The van der Waals surface area contributed by atoms with E-state index in [4.69, 9.17) is 0 Å². The van der Waals surface area contributed by atoms with E-state index in [-0.39, 0.29) is 23.7 Å². The Kier molecular flexibility index (Phi) is 11.1. The predicted molar refractivity (Wildman–Crippen MR) is 182 cm³/mol. The SMILES string of the molecule is CCN(CC)CCN(Cc1ccc(-c2ccc(C(F)(F)F)cc2)cc1)C(=O)Cn1c(CCc2cccc(F)c2)cc(=O)c2ccccc21. The van der Waals surface area contributed by atoms with E-state index < -0.39 is 11.7 Å². The fourth-order valence-corrected chi connectivity index (χ4v) is 5.94. The Balaban J connectivity index is 1.41. The van der Waals surface area contributed by atoms with Gasteiger partial charge in [0.25, 0.3) is 0 Å². The van der Waals surface area contributed by atoms with Crippen LogP contribution in [0.3, 0.4) is 0 Å². The first-order chi connectivity index (χ1) is 23.0. The molecule has 4 aromatic carbocycles. The van der Waals surface area contributed by atoms with Crippen LogP contribution in [0, 0.1) is 5.82 Å². The molecular formula is C39H39F4N3O2. The fourth-order valence-electron chi connectivity index (χ4n) is 5.94. The first kappa shape index (κ1) is 34.6. The lowest BCUT2D eigenvalue weighted by Crippen LogP contribution is -2.40. The summed E-state index contributed by atoms with van der Waals surface area (Å²) in [4.78, 5) is 31.3. The molecule has 0 saturated heterocycles. The number of hydrogen-bond acceptors (Lipinski definition) is 3. The highest BCUT2D eigenvalue weighted by Crippen LogP contribution is 2.31. The van der Waals surface area contributed by atoms with Gasteiger partial charge in [-0.25, -0.2) is 4.39 Å². The maximum atomic E-state index is 14.2. The molecule has 0 unspecified atom stereocenters. The third-order valence-corrected chi connectivity index (χ3v) is 8.76. The molecule has 0 radical (unpaired) electrons. The number of nitrogens with zero attached hydrogens (tertiary/aromatic N) is 3. The Hall–Kier alpha value is -4.76. The normalized spacial score (nSPS) is 11.7. The fraction of sp³-hybridized carbons (Fsp3) is 0.282. The molecule has 0 bridgehead atoms. The molecule has 1 aromatic heterocycles. The van der Waals surface area contributed by atoms with Crippen LogP contribution in [0.25, 0.3) is 22.0 Å². The molecule has 0 spiro atoms. The van der Waals surface area contributed by atoms with E-state index in [1.54, 1.807) is 24.3 Å². The Bertz CT molecular complexity index is 1900. The number of carbonyl (C=O) groups excluding carboxylic acids is 1. The smallest absolute Gasteiger partial charge is 0.336 e. The Morgan fingerprint density at radius 3 is 2.06 bits per heavy atom. The summed E-state index contributed by atoms with van der Waals surface area (Å²) in [5, 5.41) is 0.522. The zero-order valence-electron chi connectivity index (χ0n) is 27.1. The lowest BCUT2D eigenvalue weighted by atomic mass is 10.0. The summed E-state index contributed by atoms with van der Waals surface area (Å²) in [6, 6.07) is 27.7. The molecule has 5 aromatic rings. The van der Waals surface area contributed by atoms with E-state index in [1.165, 1.54) is 24.3 Å². The zero-order chi connectivity index (χ0) is 34.3. The summed E-state index contributed by atoms with van der Waals surface area (Å²) in [7, 11) is 0. The minimum absolute atomic E-state index is 0.0150. The Morgan fingerprint density at radius 2 is 1.42 bits per heavy atom. The van der Waals surface area contributed by atoms with Gasteiger partial charge < -0.3 is 14.4 Å². The van der Waals surface area contributed by atoms with Gasteiger partial charge in [0.05, 0.1) is 11.1 Å². The van der Waals surface area contributed by atoms with Crippen molar-refractivity contribution in [3.63, 3.8) is 0 Å². The van der Waals surface area contributed by atoms with Crippen LogP contribution in [-0.4, -0.2) is 46.5 Å². The predicted octanol–water partition coefficient (Wildman–Crippen LogP) is 7.98. The molecule has 1 heterocycles. The highest BCUT2D eigenvalue weighted by atomic mass is 19.4. The summed E-state index contributed by atoms with van der Waals surface area (Å²) >= 11 is 0. The van der Waals surface area contributed by atoms with Crippen molar-refractivity contribution in [3.05, 3.63) is 142 Å². The van der Waals surface area contributed by atoms with E-state index in [0.717, 1.165) is 41.9 Å². The van der Waals surface area contributed by atoms with Gasteiger partial charge in [-0.05, 0) is 84.6 Å². The van der Waals surface area contributed by atoms with E-state index in [1.807, 2.05) is 51.9 Å². The average Bonchev–Trinajstić information content (AvgIpc) is 3.08. The van der Waals surface area contributed by atoms with Gasteiger partial charge in [-0.2, -0.15) is 13.2 Å². The quantitative estimate of drug-likeness (QED) is 0.121. The number of benzene rings is 4. The van der Waals surface area contributed by atoms with Crippen molar-refractivity contribution in [2.75, 3.05) is 26.2 Å². The summed E-state index contributed by atoms with van der Waals surface area (Å²) in [5.41, 5.74) is 3.66. The Labute approximate surface area is 278 Å². The van der Waals surface area contributed by atoms with E-state index in [0.29, 0.717) is 54.6 Å². The van der Waals surface area contributed by atoms with Crippen LogP contribution in [0.1, 0.15) is 36.2 Å². The molecule has 0 aliphatic carbocycles. The van der Waals surface area contributed by atoms with Crippen molar-refractivity contribution in [3.8, 4) is 11.1 Å². The molecule has 9 heteroatoms. The Morgan fingerprint density at radius 1 is 0.750 bits per heavy atom. The van der Waals surface area contributed by atoms with Gasteiger partial charge >= 0.3 is 6.18 Å². The third kappa shape index (κ3) is 8.58. The second-order valence-electron chi connectivity index (χ2n) is 11.8. The van der Waals surface area contributed by atoms with Crippen molar-refractivity contribution < 1.29 is 22.4 Å². The second kappa shape index (κ2) is 15.4. The molecule has 0 atom stereocenters. The van der Waals surface area contributed by atoms with Gasteiger partial charge in [-0.15, -0.1) is 0 Å². The largest absolute Gasteiger partial charge is 0.416 e. The molecule has 250 valence electrons. The molecule has 1 amide bonds. The number of hydrogen-bond donors (Lipinski definition) is 0. The van der Waals surface area contributed by atoms with Gasteiger partial charge in [0, 0.05) is 36.8 Å². The van der Waals surface area contributed by atoms with Crippen molar-refractivity contribution in [2.45, 2.75) is 46.0 Å². The lowest BCUT2D eigenvalue weighted by Gasteiger charge is -2.28. The number of pyridine rings is 1. The molecule has 5 nitrogen and oxygen atoms in total. The number of rotatable bonds is 13. The minimum Gasteiger partial charge on any atom is -0.336 e. The van der Waals surface area contributed by atoms with Gasteiger partial charge in [0.15, 0.2) is 5.43 Å². The standard InChI is InChI=1S/C39H39F4N3O2/c1-3-44(4-2)22-23-45(26-29-12-15-30(16-13-29)31-17-19-32(20-18-31)39(41,42)43)38(48)27-46-34(21-14-28-8-7-9-33(40)24-28)25-37(47)35-10-5-6-11-36(35)46/h5-13,15-20,24-25H,3-4,14,21-23,26-27H2,1-2H3. The summed E-state index contributed by atoms with van der Waals surface area (Å²) in [5.74, 6) is -0.440. The highest BCUT2D eigenvalue weighted by molar-refractivity contribution is 5.83. The molecule has 0 N–H and O–H groups in total. The van der Waals surface area contributed by atoms with Crippen molar-refractivity contribution in [2.24, 2.45) is 0 Å². The zero-order valence-corrected chi connectivity index (χ0v) is 27.1. The number of carbonyl (C=O) groups is 1. The van der Waals surface area contributed by atoms with Crippen LogP contribution in [0.2, 0.25) is 0 Å². The molecule has 0 aliphatic heterocycles. The van der Waals surface area contributed by atoms with Gasteiger partial charge in [-0.1, -0.05) is 74.5 Å². The molecule has 0 aliphatic rings. The number of likely N-dealkylation sites (N-methyl/N-ethyl adjacent to an activating group) is 1. The number of halogens is 4. The molecule has 5 rings (SSSR count). The maximum absolute atomic E-state index is 14.2. The first-order valence-electron chi connectivity index (χ1n) is 16.2. The van der Waals surface area contributed by atoms with E-state index in [2.05, 4.69) is 18.7 Å². The third-order valence-electron chi connectivity index (χ3n) is 8.76. The van der Waals surface area contributed by atoms with Crippen LogP contribution in [0.4, 0.5) is 17.6 Å². The van der Waals surface area contributed by atoms with Crippen molar-refractivity contribution in [1.82, 2.24) is 14.4 Å². The van der Waals surface area contributed by atoms with E-state index in [9.17, 15) is 27.2 Å². The number of alkyl halides is 3. The minimum atomic E-state index is -4.40. The number of amides is 1. The monoisotopic (exact) mass is 657 g/mol.